The van der Waals surface area contributed by atoms with Gasteiger partial charge in [0.25, 0.3) is 5.91 Å². The van der Waals surface area contributed by atoms with Crippen LogP contribution < -0.4 is 16.8 Å². The van der Waals surface area contributed by atoms with E-state index < -0.39 is 5.91 Å². The molecule has 2 rings (SSSR count). The normalized spacial score (nSPS) is 20.6. The molecule has 2 unspecified atom stereocenters. The number of anilines is 1. The van der Waals surface area contributed by atoms with Crippen LogP contribution in [-0.4, -0.2) is 41.1 Å². The smallest absolute Gasteiger partial charge is 0.271 e. The maximum absolute atomic E-state index is 11.2. The quantitative estimate of drug-likeness (QED) is 0.758. The second-order valence-electron chi connectivity index (χ2n) is 5.90. The van der Waals surface area contributed by atoms with Gasteiger partial charge < -0.3 is 26.1 Å². The van der Waals surface area contributed by atoms with Gasteiger partial charge in [-0.3, -0.25) is 9.59 Å². The van der Waals surface area contributed by atoms with E-state index >= 15 is 0 Å². The molecule has 1 aromatic rings. The molecule has 2 atom stereocenters. The van der Waals surface area contributed by atoms with Gasteiger partial charge in [0.15, 0.2) is 5.69 Å². The second-order valence-corrected chi connectivity index (χ2v) is 5.90. The molecule has 0 radical (unpaired) electrons. The van der Waals surface area contributed by atoms with Crippen LogP contribution in [0.1, 0.15) is 50.1 Å². The first-order valence-corrected chi connectivity index (χ1v) is 7.73. The number of nitrogens with two attached hydrogens (primary N) is 2. The summed E-state index contributed by atoms with van der Waals surface area (Å²) in [5.74, 6) is -0.0983. The number of carbonyl (C=O) groups is 2. The third-order valence-electron chi connectivity index (χ3n) is 3.71. The molecule has 2 amide bonds. The Bertz CT molecular complexity index is 533. The van der Waals surface area contributed by atoms with Gasteiger partial charge in [0, 0.05) is 13.0 Å². The van der Waals surface area contributed by atoms with E-state index in [1.807, 2.05) is 4.57 Å². The van der Waals surface area contributed by atoms with Crippen molar-refractivity contribution in [2.24, 2.45) is 17.4 Å². The monoisotopic (exact) mass is 325 g/mol. The zero-order valence-electron chi connectivity index (χ0n) is 14.2. The van der Waals surface area contributed by atoms with E-state index in [-0.39, 0.29) is 23.6 Å². The lowest BCUT2D eigenvalue weighted by Gasteiger charge is -2.28. The minimum Gasteiger partial charge on any atom is -0.376 e. The summed E-state index contributed by atoms with van der Waals surface area (Å²) in [6.45, 7) is 6.24. The van der Waals surface area contributed by atoms with E-state index in [1.165, 1.54) is 0 Å². The molecule has 1 aliphatic heterocycles. The first-order valence-electron chi connectivity index (χ1n) is 7.73. The van der Waals surface area contributed by atoms with Crippen LogP contribution in [0.2, 0.25) is 0 Å². The van der Waals surface area contributed by atoms with Crippen molar-refractivity contribution in [2.75, 3.05) is 19.0 Å². The molecular formula is C15H27N5O3. The van der Waals surface area contributed by atoms with Crippen LogP contribution in [0.4, 0.5) is 5.82 Å². The van der Waals surface area contributed by atoms with E-state index in [4.69, 9.17) is 16.2 Å². The van der Waals surface area contributed by atoms with Gasteiger partial charge in [0.2, 0.25) is 5.91 Å². The molecule has 2 heterocycles. The van der Waals surface area contributed by atoms with Crippen LogP contribution >= 0.6 is 0 Å². The van der Waals surface area contributed by atoms with E-state index in [0.29, 0.717) is 18.5 Å². The molecule has 0 aliphatic carbocycles. The summed E-state index contributed by atoms with van der Waals surface area (Å²) < 4.78 is 7.56. The molecule has 1 aromatic heterocycles. The average molecular weight is 325 g/mol. The van der Waals surface area contributed by atoms with E-state index in [9.17, 15) is 9.59 Å². The predicted octanol–water partition coefficient (Wildman–Crippen LogP) is 0.891. The van der Waals surface area contributed by atoms with Gasteiger partial charge in [-0.25, -0.2) is 4.98 Å². The van der Waals surface area contributed by atoms with Gasteiger partial charge in [-0.1, -0.05) is 13.8 Å². The molecule has 8 nitrogen and oxygen atoms in total. The number of hydrogen-bond donors (Lipinski definition) is 3. The minimum atomic E-state index is -0.516. The number of imidazole rings is 1. The Morgan fingerprint density at radius 2 is 2.00 bits per heavy atom. The van der Waals surface area contributed by atoms with Crippen LogP contribution in [0.15, 0.2) is 6.33 Å². The molecular weight excluding hydrogens is 298 g/mol. The summed E-state index contributed by atoms with van der Waals surface area (Å²) in [7, 11) is 1.76. The Kier molecular flexibility index (Phi) is 7.02. The molecule has 0 saturated carbocycles. The molecule has 0 aromatic carbocycles. The summed E-state index contributed by atoms with van der Waals surface area (Å²) in [5.41, 5.74) is 10.3. The summed E-state index contributed by atoms with van der Waals surface area (Å²) in [4.78, 5) is 25.2. The summed E-state index contributed by atoms with van der Waals surface area (Å²) >= 11 is 0. The van der Waals surface area contributed by atoms with E-state index in [0.717, 1.165) is 12.8 Å². The molecule has 1 aliphatic rings. The van der Waals surface area contributed by atoms with Crippen LogP contribution in [0.3, 0.4) is 0 Å². The van der Waals surface area contributed by atoms with Crippen molar-refractivity contribution in [1.29, 1.82) is 0 Å². The molecule has 1 saturated heterocycles. The lowest BCUT2D eigenvalue weighted by atomic mass is 10.1. The molecule has 23 heavy (non-hydrogen) atoms. The van der Waals surface area contributed by atoms with Crippen LogP contribution in [-0.2, 0) is 9.53 Å². The third-order valence-corrected chi connectivity index (χ3v) is 3.71. The first-order chi connectivity index (χ1) is 10.8. The van der Waals surface area contributed by atoms with Crippen molar-refractivity contribution < 1.29 is 14.3 Å². The van der Waals surface area contributed by atoms with Crippen LogP contribution in [0, 0.1) is 5.92 Å². The number of nitrogens with zero attached hydrogens (tertiary/aromatic N) is 2. The number of aromatic nitrogens is 2. The fraction of sp³-hybridized carbons (Fsp3) is 0.667. The number of hydrogen-bond acceptors (Lipinski definition) is 5. The molecule has 1 fully saturated rings. The molecule has 0 spiro atoms. The molecule has 5 N–H and O–H groups in total. The van der Waals surface area contributed by atoms with E-state index in [2.05, 4.69) is 17.2 Å². The highest BCUT2D eigenvalue weighted by molar-refractivity contribution is 5.95. The van der Waals surface area contributed by atoms with Crippen molar-refractivity contribution in [3.8, 4) is 0 Å². The molecule has 130 valence electrons. The Labute approximate surface area is 136 Å². The SMILES string of the molecule is CC(C)C(N)=O.CNc1c(C(N)=O)ncn1C1CCC(C)OC1. The Morgan fingerprint density at radius 3 is 2.39 bits per heavy atom. The molecule has 8 heteroatoms. The topological polar surface area (TPSA) is 125 Å². The van der Waals surface area contributed by atoms with Crippen molar-refractivity contribution >= 4 is 17.6 Å². The minimum absolute atomic E-state index is 0.00926. The summed E-state index contributed by atoms with van der Waals surface area (Å²) in [6.07, 6.45) is 3.99. The maximum Gasteiger partial charge on any atom is 0.271 e. The van der Waals surface area contributed by atoms with Crippen molar-refractivity contribution in [3.63, 3.8) is 0 Å². The largest absolute Gasteiger partial charge is 0.376 e. The van der Waals surface area contributed by atoms with Gasteiger partial charge in [0.1, 0.15) is 5.82 Å². The van der Waals surface area contributed by atoms with Crippen LogP contribution in [0.25, 0.3) is 0 Å². The lowest BCUT2D eigenvalue weighted by molar-refractivity contribution is -0.120. The van der Waals surface area contributed by atoms with Gasteiger partial charge >= 0.3 is 0 Å². The van der Waals surface area contributed by atoms with Crippen molar-refractivity contribution in [3.05, 3.63) is 12.0 Å². The average Bonchev–Trinajstić information content (AvgIpc) is 2.92. The van der Waals surface area contributed by atoms with Gasteiger partial charge in [-0.05, 0) is 19.8 Å². The maximum atomic E-state index is 11.2. The van der Waals surface area contributed by atoms with Gasteiger partial charge in [-0.2, -0.15) is 0 Å². The van der Waals surface area contributed by atoms with Gasteiger partial charge in [0.05, 0.1) is 25.1 Å². The standard InChI is InChI=1S/C11H18N4O2.C4H9NO/c1-7-3-4-8(5-17-7)15-6-14-9(10(12)16)11(15)13-2;1-3(2)4(5)6/h6-8,13H,3-5H2,1-2H3,(H2,12,16);3H,1-2H3,(H2,5,6). The number of ether oxygens (including phenoxy) is 1. The highest BCUT2D eigenvalue weighted by Crippen LogP contribution is 2.27. The number of amides is 2. The molecule has 0 bridgehead atoms. The number of rotatable bonds is 4. The fourth-order valence-electron chi connectivity index (χ4n) is 2.15. The summed E-state index contributed by atoms with van der Waals surface area (Å²) in [5, 5.41) is 2.98. The number of carbonyl (C=O) groups excluding carboxylic acids is 2. The number of primary amides is 2. The Hall–Kier alpha value is -2.09. The zero-order valence-corrected chi connectivity index (χ0v) is 14.2. The van der Waals surface area contributed by atoms with Gasteiger partial charge in [-0.15, -0.1) is 0 Å². The first kappa shape index (κ1) is 19.0. The highest BCUT2D eigenvalue weighted by Gasteiger charge is 2.24. The predicted molar refractivity (Wildman–Crippen MR) is 88.0 cm³/mol. The lowest BCUT2D eigenvalue weighted by Crippen LogP contribution is -2.26. The third kappa shape index (κ3) is 5.24. The van der Waals surface area contributed by atoms with Crippen LogP contribution in [0.5, 0.6) is 0 Å². The fourth-order valence-corrected chi connectivity index (χ4v) is 2.15. The zero-order chi connectivity index (χ0) is 17.6. The Balaban J connectivity index is 0.000000379. The van der Waals surface area contributed by atoms with E-state index in [1.54, 1.807) is 27.2 Å². The van der Waals surface area contributed by atoms with Crippen molar-refractivity contribution in [2.45, 2.75) is 45.8 Å². The summed E-state index contributed by atoms with van der Waals surface area (Å²) in [6, 6.07) is 0.217. The second kappa shape index (κ2) is 8.52. The van der Waals surface area contributed by atoms with Crippen molar-refractivity contribution in [1.82, 2.24) is 9.55 Å². The number of nitrogens with one attached hydrogen (secondary N) is 1. The Morgan fingerprint density at radius 1 is 1.39 bits per heavy atom. The highest BCUT2D eigenvalue weighted by atomic mass is 16.5.